The summed E-state index contributed by atoms with van der Waals surface area (Å²) >= 11 is 0. The molecule has 0 saturated heterocycles. The molecular formula is C7H5F. The van der Waals surface area contributed by atoms with Gasteiger partial charge in [0, 0.05) is 6.07 Å². The van der Waals surface area contributed by atoms with Crippen LogP contribution in [-0.4, -0.2) is 0 Å². The molecule has 0 saturated carbocycles. The molecule has 0 atom stereocenters. The van der Waals surface area contributed by atoms with Crippen LogP contribution in [0.15, 0.2) is 12.1 Å². The normalized spacial score (nSPS) is 9.25. The average molecular weight is 108 g/mol. The topological polar surface area (TPSA) is 0 Å². The van der Waals surface area contributed by atoms with Crippen molar-refractivity contribution in [1.82, 2.24) is 0 Å². The molecule has 1 aromatic carbocycles. The molecule has 0 fully saturated rings. The molecule has 0 aliphatic carbocycles. The minimum absolute atomic E-state index is 0.312. The predicted molar refractivity (Wildman–Crippen MR) is 28.8 cm³/mol. The second-order valence-corrected chi connectivity index (χ2v) is 1.60. The fourth-order valence-electron chi connectivity index (χ4n) is 0.443. The Balaban J connectivity index is 3.13. The van der Waals surface area contributed by atoms with Gasteiger partial charge in [-0.2, -0.15) is 0 Å². The van der Waals surface area contributed by atoms with E-state index < -0.39 is 0 Å². The molecule has 0 amide bonds. The van der Waals surface area contributed by atoms with Crippen molar-refractivity contribution in [3.8, 4) is 0 Å². The summed E-state index contributed by atoms with van der Waals surface area (Å²) in [5.74, 6) is -0.312. The van der Waals surface area contributed by atoms with Gasteiger partial charge in [-0.15, -0.1) is 0 Å². The van der Waals surface area contributed by atoms with Crippen LogP contribution < -0.4 is 0 Å². The Hall–Kier alpha value is -0.850. The summed E-state index contributed by atoms with van der Waals surface area (Å²) in [6.07, 6.45) is 0. The molecule has 2 radical (unpaired) electrons. The van der Waals surface area contributed by atoms with Gasteiger partial charge in [0.1, 0.15) is 5.82 Å². The van der Waals surface area contributed by atoms with E-state index in [1.54, 1.807) is 19.1 Å². The van der Waals surface area contributed by atoms with Crippen LogP contribution in [0.4, 0.5) is 4.39 Å². The van der Waals surface area contributed by atoms with Crippen molar-refractivity contribution in [2.45, 2.75) is 6.92 Å². The van der Waals surface area contributed by atoms with Gasteiger partial charge in [-0.3, -0.25) is 0 Å². The lowest BCUT2D eigenvalue weighted by Gasteiger charge is -1.88. The van der Waals surface area contributed by atoms with Crippen molar-refractivity contribution in [1.29, 1.82) is 0 Å². The molecule has 0 aromatic heterocycles. The summed E-state index contributed by atoms with van der Waals surface area (Å²) in [4.78, 5) is 0. The SMILES string of the molecule is Cc1cc[c][c]c1F. The van der Waals surface area contributed by atoms with E-state index in [9.17, 15) is 4.39 Å². The van der Waals surface area contributed by atoms with E-state index >= 15 is 0 Å². The third kappa shape index (κ3) is 0.861. The fourth-order valence-corrected chi connectivity index (χ4v) is 0.443. The molecule has 0 aliphatic rings. The monoisotopic (exact) mass is 108 g/mol. The van der Waals surface area contributed by atoms with Crippen LogP contribution in [0.3, 0.4) is 0 Å². The highest BCUT2D eigenvalue weighted by atomic mass is 19.1. The van der Waals surface area contributed by atoms with E-state index in [-0.39, 0.29) is 5.82 Å². The number of hydrogen-bond acceptors (Lipinski definition) is 0. The minimum atomic E-state index is -0.312. The van der Waals surface area contributed by atoms with Crippen LogP contribution in [0.5, 0.6) is 0 Å². The Kier molecular flexibility index (Phi) is 1.29. The smallest absolute Gasteiger partial charge is 0.134 e. The van der Waals surface area contributed by atoms with Gasteiger partial charge in [-0.1, -0.05) is 12.1 Å². The van der Waals surface area contributed by atoms with E-state index in [2.05, 4.69) is 12.1 Å². The van der Waals surface area contributed by atoms with Crippen molar-refractivity contribution >= 4 is 0 Å². The number of benzene rings is 1. The molecule has 0 aliphatic heterocycles. The summed E-state index contributed by atoms with van der Waals surface area (Å²) in [5.41, 5.74) is 0.615. The molecule has 0 bridgehead atoms. The van der Waals surface area contributed by atoms with Crippen molar-refractivity contribution in [3.63, 3.8) is 0 Å². The number of hydrogen-bond donors (Lipinski definition) is 0. The highest BCUT2D eigenvalue weighted by Gasteiger charge is 1.89. The third-order valence-corrected chi connectivity index (χ3v) is 0.945. The molecule has 0 N–H and O–H groups in total. The lowest BCUT2D eigenvalue weighted by atomic mass is 10.2. The van der Waals surface area contributed by atoms with Gasteiger partial charge in [0.05, 0.1) is 0 Å². The van der Waals surface area contributed by atoms with Crippen molar-refractivity contribution < 1.29 is 4.39 Å². The predicted octanol–water partition coefficient (Wildman–Crippen LogP) is 1.73. The molecule has 0 spiro atoms. The quantitative estimate of drug-likeness (QED) is 0.474. The first kappa shape index (κ1) is 5.29. The zero-order valence-electron chi connectivity index (χ0n) is 4.53. The molecule has 40 valence electrons. The molecule has 1 heteroatoms. The van der Waals surface area contributed by atoms with Crippen molar-refractivity contribution in [3.05, 3.63) is 35.6 Å². The van der Waals surface area contributed by atoms with Gasteiger partial charge >= 0.3 is 0 Å². The van der Waals surface area contributed by atoms with Gasteiger partial charge in [0.15, 0.2) is 0 Å². The molecule has 0 unspecified atom stereocenters. The van der Waals surface area contributed by atoms with Crippen LogP contribution in [0.1, 0.15) is 5.56 Å². The van der Waals surface area contributed by atoms with Crippen LogP contribution in [0, 0.1) is 24.9 Å². The Morgan fingerprint density at radius 1 is 1.62 bits per heavy atom. The van der Waals surface area contributed by atoms with Gasteiger partial charge in [0.25, 0.3) is 0 Å². The van der Waals surface area contributed by atoms with Gasteiger partial charge in [0.2, 0.25) is 0 Å². The van der Waals surface area contributed by atoms with E-state index in [1.165, 1.54) is 0 Å². The lowest BCUT2D eigenvalue weighted by molar-refractivity contribution is 0.616. The van der Waals surface area contributed by atoms with Gasteiger partial charge in [-0.25, -0.2) is 4.39 Å². The number of rotatable bonds is 0. The first-order valence-corrected chi connectivity index (χ1v) is 2.35. The Morgan fingerprint density at radius 2 is 2.38 bits per heavy atom. The van der Waals surface area contributed by atoms with Crippen molar-refractivity contribution in [2.75, 3.05) is 0 Å². The molecule has 1 aromatic rings. The fraction of sp³-hybridized carbons (Fsp3) is 0.143. The summed E-state index contributed by atoms with van der Waals surface area (Å²) < 4.78 is 12.2. The van der Waals surface area contributed by atoms with Gasteiger partial charge in [-0.05, 0) is 18.6 Å². The summed E-state index contributed by atoms with van der Waals surface area (Å²) in [7, 11) is 0. The first-order chi connectivity index (χ1) is 3.80. The average Bonchev–Trinajstić information content (AvgIpc) is 1.77. The highest BCUT2D eigenvalue weighted by Crippen LogP contribution is 2.00. The maximum Gasteiger partial charge on any atom is 0.134 e. The van der Waals surface area contributed by atoms with Crippen LogP contribution >= 0.6 is 0 Å². The highest BCUT2D eigenvalue weighted by molar-refractivity contribution is 5.12. The van der Waals surface area contributed by atoms with Crippen LogP contribution in [0.2, 0.25) is 0 Å². The maximum atomic E-state index is 12.2. The maximum absolute atomic E-state index is 12.2. The minimum Gasteiger partial charge on any atom is -0.206 e. The van der Waals surface area contributed by atoms with E-state index in [0.717, 1.165) is 0 Å². The zero-order chi connectivity index (χ0) is 5.98. The molecular weight excluding hydrogens is 103 g/mol. The molecule has 0 heterocycles. The summed E-state index contributed by atoms with van der Waals surface area (Å²) in [6.45, 7) is 1.69. The second-order valence-electron chi connectivity index (χ2n) is 1.60. The standard InChI is InChI=1S/C7H5F/c1-6-4-2-3-5-7(6)8/h2,4H,1H3. The van der Waals surface area contributed by atoms with Gasteiger partial charge < -0.3 is 0 Å². The van der Waals surface area contributed by atoms with Crippen molar-refractivity contribution in [2.24, 2.45) is 0 Å². The van der Waals surface area contributed by atoms with Crippen LogP contribution in [-0.2, 0) is 0 Å². The van der Waals surface area contributed by atoms with E-state index in [0.29, 0.717) is 5.56 Å². The Morgan fingerprint density at radius 3 is 2.75 bits per heavy atom. The number of aryl methyl sites for hydroxylation is 1. The summed E-state index contributed by atoms with van der Waals surface area (Å²) in [6, 6.07) is 8.11. The molecule has 0 nitrogen and oxygen atoms in total. The number of halogens is 1. The van der Waals surface area contributed by atoms with E-state index in [1.807, 2.05) is 0 Å². The second kappa shape index (κ2) is 1.95. The Labute approximate surface area is 48.0 Å². The summed E-state index contributed by atoms with van der Waals surface area (Å²) in [5, 5.41) is 0. The zero-order valence-corrected chi connectivity index (χ0v) is 4.53. The lowest BCUT2D eigenvalue weighted by Crippen LogP contribution is -1.77. The van der Waals surface area contributed by atoms with Crippen LogP contribution in [0.25, 0.3) is 0 Å². The largest absolute Gasteiger partial charge is 0.206 e. The third-order valence-electron chi connectivity index (χ3n) is 0.945. The Bertz CT molecular complexity index is 160. The van der Waals surface area contributed by atoms with E-state index in [4.69, 9.17) is 0 Å². The molecule has 1 rings (SSSR count). The molecule has 8 heavy (non-hydrogen) atoms. The first-order valence-electron chi connectivity index (χ1n) is 2.35.